The van der Waals surface area contributed by atoms with Crippen LogP contribution in [0.4, 0.5) is 0 Å². The Morgan fingerprint density at radius 1 is 1.03 bits per heavy atom. The fourth-order valence-corrected chi connectivity index (χ4v) is 2.42. The molecule has 2 unspecified atom stereocenters. The highest BCUT2D eigenvalue weighted by Crippen LogP contribution is 2.03. The zero-order chi connectivity index (χ0) is 23.8. The summed E-state index contributed by atoms with van der Waals surface area (Å²) in [5.41, 5.74) is 1.12. The molecule has 0 aromatic carbocycles. The molecule has 0 aliphatic carbocycles. The number of aliphatic hydroxyl groups excluding tert-OH is 2. The first kappa shape index (κ1) is 33.0. The molecule has 30 heavy (non-hydrogen) atoms. The molecule has 0 aliphatic rings. The van der Waals surface area contributed by atoms with E-state index in [1.165, 1.54) is 0 Å². The highest BCUT2D eigenvalue weighted by Gasteiger charge is 2.29. The van der Waals surface area contributed by atoms with Gasteiger partial charge in [0.25, 0.3) is 11.8 Å². The summed E-state index contributed by atoms with van der Waals surface area (Å²) in [5, 5.41) is 25.7. The first-order valence-electron chi connectivity index (χ1n) is 10.7. The standard InChI is InChI=1S/C12H22N2O4S.C8H15N.C2H6/c1-3-7-19-8-5-6-14-12(18)10(16)9(15)11(17)13-4-2;1-4-6-8(3)9-7-5-2;1-2/h3,7,9-10,15-16H,4-6,8H2,1-2H3,(H,13,17)(H,14,18);6-7H,4-5H2,1-3H3;1-2H3/b7-3-;8-6-,9-7?;. The third-order valence-corrected chi connectivity index (χ3v) is 4.12. The number of carbonyl (C=O) groups excluding carboxylic acids is 2. The molecule has 0 aromatic heterocycles. The molecule has 0 aromatic rings. The summed E-state index contributed by atoms with van der Waals surface area (Å²) in [5.74, 6) is -0.650. The number of nitrogens with zero attached hydrogens (tertiary/aromatic N) is 1. The van der Waals surface area contributed by atoms with E-state index in [0.29, 0.717) is 13.1 Å². The highest BCUT2D eigenvalue weighted by molar-refractivity contribution is 8.02. The molecule has 0 rings (SSSR count). The normalized spacial score (nSPS) is 13.0. The Labute approximate surface area is 187 Å². The molecule has 0 bridgehead atoms. The predicted octanol–water partition coefficient (Wildman–Crippen LogP) is 3.42. The van der Waals surface area contributed by atoms with Gasteiger partial charge in [0.1, 0.15) is 0 Å². The molecule has 0 fully saturated rings. The lowest BCUT2D eigenvalue weighted by Crippen LogP contribution is -2.49. The summed E-state index contributed by atoms with van der Waals surface area (Å²) >= 11 is 1.62. The van der Waals surface area contributed by atoms with E-state index in [4.69, 9.17) is 0 Å². The maximum atomic E-state index is 11.5. The molecule has 176 valence electrons. The molecular formula is C22H43N3O4S. The van der Waals surface area contributed by atoms with E-state index in [0.717, 1.165) is 30.7 Å². The van der Waals surface area contributed by atoms with Gasteiger partial charge in [0.05, 0.1) is 0 Å². The van der Waals surface area contributed by atoms with Gasteiger partial charge in [-0.25, -0.2) is 0 Å². The second kappa shape index (κ2) is 25.4. The molecule has 0 radical (unpaired) electrons. The van der Waals surface area contributed by atoms with Gasteiger partial charge in [-0.15, -0.1) is 11.8 Å². The fourth-order valence-electron chi connectivity index (χ4n) is 1.78. The van der Waals surface area contributed by atoms with Crippen LogP contribution in [0.1, 0.15) is 67.7 Å². The third-order valence-electron chi connectivity index (χ3n) is 3.13. The molecular weight excluding hydrogens is 402 g/mol. The van der Waals surface area contributed by atoms with E-state index in [-0.39, 0.29) is 0 Å². The minimum absolute atomic E-state index is 0.326. The smallest absolute Gasteiger partial charge is 0.252 e. The largest absolute Gasteiger partial charge is 0.380 e. The molecule has 4 N–H and O–H groups in total. The summed E-state index contributed by atoms with van der Waals surface area (Å²) in [6.07, 6.45) is 5.34. The quantitative estimate of drug-likeness (QED) is 0.272. The second-order valence-electron chi connectivity index (χ2n) is 5.74. The fraction of sp³-hybridized carbons (Fsp3) is 0.682. The van der Waals surface area contributed by atoms with E-state index in [1.54, 1.807) is 18.7 Å². The number of aliphatic hydroxyl groups is 2. The summed E-state index contributed by atoms with van der Waals surface area (Å²) in [4.78, 5) is 26.9. The van der Waals surface area contributed by atoms with Crippen LogP contribution in [0.25, 0.3) is 0 Å². The van der Waals surface area contributed by atoms with E-state index in [2.05, 4.69) is 35.5 Å². The Balaban J connectivity index is -0.000000554. The molecule has 2 atom stereocenters. The van der Waals surface area contributed by atoms with Crippen molar-refractivity contribution >= 4 is 29.8 Å². The van der Waals surface area contributed by atoms with Gasteiger partial charge in [0, 0.05) is 25.0 Å². The van der Waals surface area contributed by atoms with Crippen molar-refractivity contribution in [2.45, 2.75) is 79.9 Å². The van der Waals surface area contributed by atoms with Gasteiger partial charge in [-0.2, -0.15) is 0 Å². The zero-order valence-corrected chi connectivity index (χ0v) is 20.6. The van der Waals surface area contributed by atoms with Crippen LogP contribution in [0.5, 0.6) is 0 Å². The van der Waals surface area contributed by atoms with Crippen molar-refractivity contribution in [1.29, 1.82) is 0 Å². The third kappa shape index (κ3) is 21.1. The van der Waals surface area contributed by atoms with E-state index in [9.17, 15) is 19.8 Å². The van der Waals surface area contributed by atoms with Crippen molar-refractivity contribution in [3.63, 3.8) is 0 Å². The van der Waals surface area contributed by atoms with E-state index in [1.807, 2.05) is 45.4 Å². The van der Waals surface area contributed by atoms with E-state index >= 15 is 0 Å². The number of hydrogen-bond donors (Lipinski definition) is 4. The van der Waals surface area contributed by atoms with Gasteiger partial charge in [-0.1, -0.05) is 39.8 Å². The van der Waals surface area contributed by atoms with Crippen molar-refractivity contribution in [2.75, 3.05) is 18.8 Å². The van der Waals surface area contributed by atoms with Gasteiger partial charge >= 0.3 is 0 Å². The average molecular weight is 446 g/mol. The van der Waals surface area contributed by atoms with Crippen LogP contribution in [0, 0.1) is 0 Å². The van der Waals surface area contributed by atoms with Gasteiger partial charge in [-0.3, -0.25) is 14.6 Å². The van der Waals surface area contributed by atoms with Gasteiger partial charge in [0.15, 0.2) is 12.2 Å². The molecule has 0 aliphatic heterocycles. The first-order valence-corrected chi connectivity index (χ1v) is 11.7. The van der Waals surface area contributed by atoms with Gasteiger partial charge in [0.2, 0.25) is 0 Å². The minimum Gasteiger partial charge on any atom is -0.380 e. The Hall–Kier alpha value is -1.64. The SMILES string of the molecule is C/C=C\SCCCNC(=O)C(O)C(O)C(=O)NCC.CC.CCC=N/C(C)=C\CC. The number of aliphatic imine (C=N–C) groups is 1. The Morgan fingerprint density at radius 2 is 1.60 bits per heavy atom. The lowest BCUT2D eigenvalue weighted by molar-refractivity contribution is -0.145. The number of rotatable bonds is 12. The molecule has 0 heterocycles. The number of carbonyl (C=O) groups is 2. The second-order valence-corrected chi connectivity index (χ2v) is 6.76. The molecule has 7 nitrogen and oxygen atoms in total. The molecule has 0 saturated carbocycles. The zero-order valence-electron chi connectivity index (χ0n) is 19.8. The summed E-state index contributed by atoms with van der Waals surface area (Å²) < 4.78 is 0. The van der Waals surface area contributed by atoms with Crippen LogP contribution in [0.3, 0.4) is 0 Å². The van der Waals surface area contributed by atoms with Crippen LogP contribution in [0.15, 0.2) is 28.2 Å². The van der Waals surface area contributed by atoms with Crippen molar-refractivity contribution in [1.82, 2.24) is 10.6 Å². The van der Waals surface area contributed by atoms with Gasteiger partial charge < -0.3 is 20.8 Å². The molecule has 0 saturated heterocycles. The summed E-state index contributed by atoms with van der Waals surface area (Å²) in [7, 11) is 0. The number of thioether (sulfide) groups is 1. The summed E-state index contributed by atoms with van der Waals surface area (Å²) in [6, 6.07) is 0. The predicted molar refractivity (Wildman–Crippen MR) is 130 cm³/mol. The number of likely N-dealkylation sites (N-methyl/N-ethyl adjacent to an activating group) is 1. The van der Waals surface area contributed by atoms with Crippen molar-refractivity contribution < 1.29 is 19.8 Å². The number of hydrogen-bond acceptors (Lipinski definition) is 6. The monoisotopic (exact) mass is 445 g/mol. The average Bonchev–Trinajstić information content (AvgIpc) is 2.75. The van der Waals surface area contributed by atoms with Crippen LogP contribution < -0.4 is 10.6 Å². The van der Waals surface area contributed by atoms with E-state index < -0.39 is 24.0 Å². The van der Waals surface area contributed by atoms with Crippen LogP contribution >= 0.6 is 11.8 Å². The Bertz CT molecular complexity index is 509. The number of allylic oxidation sites excluding steroid dienone is 3. The molecule has 8 heteroatoms. The van der Waals surface area contributed by atoms with Crippen molar-refractivity contribution in [3.8, 4) is 0 Å². The molecule has 2 amide bonds. The first-order chi connectivity index (χ1) is 14.3. The Kier molecular flexibility index (Phi) is 27.9. The van der Waals surface area contributed by atoms with Crippen molar-refractivity contribution in [2.24, 2.45) is 4.99 Å². The highest BCUT2D eigenvalue weighted by atomic mass is 32.2. The molecule has 0 spiro atoms. The summed E-state index contributed by atoms with van der Waals surface area (Å²) in [6.45, 7) is 14.5. The van der Waals surface area contributed by atoms with Crippen LogP contribution in [-0.4, -0.2) is 59.3 Å². The maximum absolute atomic E-state index is 11.5. The topological polar surface area (TPSA) is 111 Å². The lowest BCUT2D eigenvalue weighted by atomic mass is 10.1. The van der Waals surface area contributed by atoms with Gasteiger partial charge in [-0.05, 0) is 51.2 Å². The lowest BCUT2D eigenvalue weighted by Gasteiger charge is -2.16. The van der Waals surface area contributed by atoms with Crippen molar-refractivity contribution in [3.05, 3.63) is 23.3 Å². The number of amides is 2. The number of nitrogens with one attached hydrogen (secondary N) is 2. The van der Waals surface area contributed by atoms with Crippen LogP contribution in [0.2, 0.25) is 0 Å². The minimum atomic E-state index is -1.74. The Morgan fingerprint density at radius 3 is 2.07 bits per heavy atom. The van der Waals surface area contributed by atoms with Crippen LogP contribution in [-0.2, 0) is 9.59 Å². The maximum Gasteiger partial charge on any atom is 0.252 e.